The summed E-state index contributed by atoms with van der Waals surface area (Å²) in [5, 5.41) is 9.52. The molecule has 1 rings (SSSR count). The first kappa shape index (κ1) is 10.5. The quantitative estimate of drug-likeness (QED) is 0.664. The molecule has 76 valence electrons. The second-order valence-electron chi connectivity index (χ2n) is 3.98. The molecular formula is C10H18O3. The van der Waals surface area contributed by atoms with Crippen molar-refractivity contribution in [2.75, 3.05) is 0 Å². The molecule has 1 fully saturated rings. The molecule has 0 heterocycles. The van der Waals surface area contributed by atoms with Gasteiger partial charge in [-0.2, -0.15) is 0 Å². The summed E-state index contributed by atoms with van der Waals surface area (Å²) in [4.78, 5) is 11.2. The van der Waals surface area contributed by atoms with Gasteiger partial charge in [0.05, 0.1) is 12.0 Å². The van der Waals surface area contributed by atoms with E-state index >= 15 is 0 Å². The Kier molecular flexibility index (Phi) is 3.72. The standard InChI is InChI=1S/C10H18O3/c1-7(2)10(12)13-9-6-4-3-5-8(9)11/h7-9,11H,3-6H2,1-2H3/t8-,9+/m0/s1. The molecular weight excluding hydrogens is 168 g/mol. The SMILES string of the molecule is CC(C)C(=O)O[C@@H]1CCCC[C@@H]1O. The van der Waals surface area contributed by atoms with E-state index in [1.807, 2.05) is 0 Å². The first-order chi connectivity index (χ1) is 6.11. The molecule has 3 heteroatoms. The number of aliphatic hydroxyl groups is 1. The minimum absolute atomic E-state index is 0.103. The van der Waals surface area contributed by atoms with Crippen LogP contribution in [0.25, 0.3) is 0 Å². The third-order valence-corrected chi connectivity index (χ3v) is 2.41. The molecule has 0 radical (unpaired) electrons. The number of hydrogen-bond donors (Lipinski definition) is 1. The molecule has 0 aromatic rings. The van der Waals surface area contributed by atoms with Gasteiger partial charge in [-0.3, -0.25) is 4.79 Å². The van der Waals surface area contributed by atoms with Crippen molar-refractivity contribution in [1.29, 1.82) is 0 Å². The van der Waals surface area contributed by atoms with Gasteiger partial charge in [0.2, 0.25) is 0 Å². The number of esters is 1. The van der Waals surface area contributed by atoms with Crippen molar-refractivity contribution in [3.05, 3.63) is 0 Å². The van der Waals surface area contributed by atoms with Crippen molar-refractivity contribution in [1.82, 2.24) is 0 Å². The molecule has 2 atom stereocenters. The summed E-state index contributed by atoms with van der Waals surface area (Å²) in [5.41, 5.74) is 0. The Morgan fingerprint density at radius 3 is 2.54 bits per heavy atom. The Balaban J connectivity index is 2.38. The van der Waals surface area contributed by atoms with Crippen LogP contribution in [0.1, 0.15) is 39.5 Å². The number of aliphatic hydroxyl groups excluding tert-OH is 1. The van der Waals surface area contributed by atoms with Crippen LogP contribution in [0, 0.1) is 5.92 Å². The lowest BCUT2D eigenvalue weighted by atomic mass is 9.95. The Bertz CT molecular complexity index is 177. The first-order valence-electron chi connectivity index (χ1n) is 5.00. The lowest BCUT2D eigenvalue weighted by Crippen LogP contribution is -2.35. The van der Waals surface area contributed by atoms with E-state index in [2.05, 4.69) is 0 Å². The molecule has 1 N–H and O–H groups in total. The van der Waals surface area contributed by atoms with E-state index in [4.69, 9.17) is 4.74 Å². The van der Waals surface area contributed by atoms with E-state index in [9.17, 15) is 9.90 Å². The van der Waals surface area contributed by atoms with Gasteiger partial charge in [0.25, 0.3) is 0 Å². The highest BCUT2D eigenvalue weighted by atomic mass is 16.6. The summed E-state index contributed by atoms with van der Waals surface area (Å²) in [6, 6.07) is 0. The van der Waals surface area contributed by atoms with Crippen molar-refractivity contribution < 1.29 is 14.6 Å². The molecule has 0 bridgehead atoms. The largest absolute Gasteiger partial charge is 0.459 e. The maximum Gasteiger partial charge on any atom is 0.308 e. The van der Waals surface area contributed by atoms with E-state index in [0.717, 1.165) is 25.7 Å². The van der Waals surface area contributed by atoms with Crippen LogP contribution < -0.4 is 0 Å². The van der Waals surface area contributed by atoms with Gasteiger partial charge in [0, 0.05) is 0 Å². The van der Waals surface area contributed by atoms with Crippen LogP contribution in [0.3, 0.4) is 0 Å². The third-order valence-electron chi connectivity index (χ3n) is 2.41. The van der Waals surface area contributed by atoms with Crippen molar-refractivity contribution in [2.24, 2.45) is 5.92 Å². The number of carbonyl (C=O) groups excluding carboxylic acids is 1. The predicted octanol–water partition coefficient (Wildman–Crippen LogP) is 1.49. The Labute approximate surface area is 79.1 Å². The summed E-state index contributed by atoms with van der Waals surface area (Å²) in [7, 11) is 0. The summed E-state index contributed by atoms with van der Waals surface area (Å²) in [5.74, 6) is -0.305. The highest BCUT2D eigenvalue weighted by Crippen LogP contribution is 2.21. The highest BCUT2D eigenvalue weighted by Gasteiger charge is 2.26. The molecule has 0 saturated heterocycles. The Morgan fingerprint density at radius 2 is 2.00 bits per heavy atom. The molecule has 0 aromatic heterocycles. The van der Waals surface area contributed by atoms with Crippen LogP contribution >= 0.6 is 0 Å². The topological polar surface area (TPSA) is 46.5 Å². The predicted molar refractivity (Wildman–Crippen MR) is 49.2 cm³/mol. The van der Waals surface area contributed by atoms with Gasteiger partial charge < -0.3 is 9.84 Å². The molecule has 0 amide bonds. The number of rotatable bonds is 2. The minimum atomic E-state index is -0.448. The van der Waals surface area contributed by atoms with Crippen molar-refractivity contribution in [2.45, 2.75) is 51.7 Å². The lowest BCUT2D eigenvalue weighted by Gasteiger charge is -2.27. The van der Waals surface area contributed by atoms with Gasteiger partial charge in [0.1, 0.15) is 6.10 Å². The van der Waals surface area contributed by atoms with Gasteiger partial charge in [-0.25, -0.2) is 0 Å². The van der Waals surface area contributed by atoms with Crippen LogP contribution in [0.15, 0.2) is 0 Å². The van der Waals surface area contributed by atoms with Gasteiger partial charge in [-0.15, -0.1) is 0 Å². The summed E-state index contributed by atoms with van der Waals surface area (Å²) >= 11 is 0. The zero-order chi connectivity index (χ0) is 9.84. The van der Waals surface area contributed by atoms with Gasteiger partial charge in [-0.1, -0.05) is 20.3 Å². The summed E-state index contributed by atoms with van der Waals surface area (Å²) in [6.07, 6.45) is 2.94. The highest BCUT2D eigenvalue weighted by molar-refractivity contribution is 5.71. The van der Waals surface area contributed by atoms with E-state index in [0.29, 0.717) is 0 Å². The van der Waals surface area contributed by atoms with Crippen LogP contribution in [0.4, 0.5) is 0 Å². The van der Waals surface area contributed by atoms with Crippen molar-refractivity contribution in [3.63, 3.8) is 0 Å². The van der Waals surface area contributed by atoms with Crippen molar-refractivity contribution >= 4 is 5.97 Å². The fourth-order valence-electron chi connectivity index (χ4n) is 1.50. The smallest absolute Gasteiger partial charge is 0.308 e. The summed E-state index contributed by atoms with van der Waals surface area (Å²) < 4.78 is 5.18. The minimum Gasteiger partial charge on any atom is -0.459 e. The maximum absolute atomic E-state index is 11.2. The average molecular weight is 186 g/mol. The number of ether oxygens (including phenoxy) is 1. The van der Waals surface area contributed by atoms with E-state index in [1.54, 1.807) is 13.8 Å². The Morgan fingerprint density at radius 1 is 1.38 bits per heavy atom. The molecule has 0 aromatic carbocycles. The van der Waals surface area contributed by atoms with Gasteiger partial charge in [0.15, 0.2) is 0 Å². The van der Waals surface area contributed by atoms with Crippen LogP contribution in [-0.4, -0.2) is 23.3 Å². The molecule has 13 heavy (non-hydrogen) atoms. The van der Waals surface area contributed by atoms with Crippen LogP contribution in [0.5, 0.6) is 0 Å². The second kappa shape index (κ2) is 4.61. The zero-order valence-electron chi connectivity index (χ0n) is 8.32. The molecule has 1 saturated carbocycles. The normalized spacial score (nSPS) is 28.9. The van der Waals surface area contributed by atoms with Crippen molar-refractivity contribution in [3.8, 4) is 0 Å². The van der Waals surface area contributed by atoms with Gasteiger partial charge >= 0.3 is 5.97 Å². The van der Waals surface area contributed by atoms with E-state index in [1.165, 1.54) is 0 Å². The molecule has 0 unspecified atom stereocenters. The van der Waals surface area contributed by atoms with E-state index in [-0.39, 0.29) is 18.0 Å². The van der Waals surface area contributed by atoms with E-state index < -0.39 is 6.10 Å². The average Bonchev–Trinajstić information content (AvgIpc) is 2.08. The van der Waals surface area contributed by atoms with Crippen LogP contribution in [0.2, 0.25) is 0 Å². The monoisotopic (exact) mass is 186 g/mol. The fraction of sp³-hybridized carbons (Fsp3) is 0.900. The first-order valence-corrected chi connectivity index (χ1v) is 5.00. The lowest BCUT2D eigenvalue weighted by molar-refractivity contribution is -0.161. The molecule has 0 spiro atoms. The molecule has 1 aliphatic rings. The molecule has 0 aliphatic heterocycles. The van der Waals surface area contributed by atoms with Gasteiger partial charge in [-0.05, 0) is 19.3 Å². The third kappa shape index (κ3) is 2.99. The second-order valence-corrected chi connectivity index (χ2v) is 3.98. The number of carbonyl (C=O) groups is 1. The molecule has 3 nitrogen and oxygen atoms in total. The zero-order valence-corrected chi connectivity index (χ0v) is 8.32. The maximum atomic E-state index is 11.2. The molecule has 1 aliphatic carbocycles. The fourth-order valence-corrected chi connectivity index (χ4v) is 1.50. The van der Waals surface area contributed by atoms with Crippen LogP contribution in [-0.2, 0) is 9.53 Å². The Hall–Kier alpha value is -0.570. The summed E-state index contributed by atoms with van der Waals surface area (Å²) in [6.45, 7) is 3.61. The number of hydrogen-bond acceptors (Lipinski definition) is 3.